The molecule has 4 rings (SSSR count). The van der Waals surface area contributed by atoms with Crippen LogP contribution in [0.4, 0.5) is 11.4 Å². The number of azo groups is 2. The zero-order chi connectivity index (χ0) is 37.4. The summed E-state index contributed by atoms with van der Waals surface area (Å²) in [6.07, 6.45) is 11.1. The molecule has 2 aliphatic rings. The number of hydrogen-bond donors (Lipinski definition) is 0. The molecule has 0 radical (unpaired) electrons. The first-order valence-electron chi connectivity index (χ1n) is 16.8. The molecule has 6 nitrogen and oxygen atoms in total. The van der Waals surface area contributed by atoms with E-state index in [2.05, 4.69) is 135 Å². The van der Waals surface area contributed by atoms with E-state index in [0.717, 1.165) is 53.5 Å². The molecule has 0 N–H and O–H groups in total. The van der Waals surface area contributed by atoms with Crippen molar-refractivity contribution in [3.63, 3.8) is 0 Å². The third-order valence-corrected chi connectivity index (χ3v) is 9.71. The van der Waals surface area contributed by atoms with Gasteiger partial charge < -0.3 is 0 Å². The number of carbonyl (C=O) groups is 2. The van der Waals surface area contributed by atoms with Crippen LogP contribution in [0.1, 0.15) is 83.1 Å². The van der Waals surface area contributed by atoms with Crippen molar-refractivity contribution in [1.82, 2.24) is 0 Å². The molecule has 0 unspecified atom stereocenters. The van der Waals surface area contributed by atoms with E-state index in [4.69, 9.17) is 0 Å². The number of benzene rings is 2. The topological polar surface area (TPSA) is 83.6 Å². The molecular weight excluding hydrogens is 752 g/mol. The van der Waals surface area contributed by atoms with Gasteiger partial charge >= 0.3 is 0 Å². The molecule has 0 aromatic heterocycles. The highest BCUT2D eigenvalue weighted by Gasteiger charge is 2.35. The van der Waals surface area contributed by atoms with Crippen LogP contribution in [0.2, 0.25) is 0 Å². The number of halogens is 2. The fraction of sp³-hybridized carbons (Fsp3) is 0.381. The average molecular weight is 801 g/mol. The van der Waals surface area contributed by atoms with Gasteiger partial charge in [0.1, 0.15) is 0 Å². The van der Waals surface area contributed by atoms with Crippen LogP contribution in [0, 0.1) is 21.7 Å². The van der Waals surface area contributed by atoms with E-state index in [9.17, 15) is 9.59 Å². The largest absolute Gasteiger partial charge is 0.289 e. The summed E-state index contributed by atoms with van der Waals surface area (Å²) in [5.41, 5.74) is 6.99. The van der Waals surface area contributed by atoms with Crippen molar-refractivity contribution in [3.8, 4) is 11.1 Å². The summed E-state index contributed by atoms with van der Waals surface area (Å²) in [4.78, 5) is 26.5. The monoisotopic (exact) mass is 798 g/mol. The summed E-state index contributed by atoms with van der Waals surface area (Å²) in [5.74, 6) is 0.186. The molecule has 0 atom stereocenters. The Morgan fingerprint density at radius 2 is 0.940 bits per heavy atom. The van der Waals surface area contributed by atoms with Gasteiger partial charge in [0.25, 0.3) is 0 Å². The summed E-state index contributed by atoms with van der Waals surface area (Å²) >= 11 is 7.38. The van der Waals surface area contributed by atoms with Gasteiger partial charge in [-0.3, -0.25) is 9.59 Å². The Hall–Kier alpha value is -3.62. The fourth-order valence-corrected chi connectivity index (χ4v) is 6.61. The SMILES string of the molecule is CC(C)(C)C1=CC(=C/N=N/c2ccc(-c3ccc(/N=N/C=C4C=C(C(C)(C)C)C(=O)C(C(C)(C)C)=C4)c(Br)c3)c(Br)c2)C=C(C(C)(C)C)C1=O. The molecule has 0 amide bonds. The lowest BCUT2D eigenvalue weighted by Gasteiger charge is -2.31. The summed E-state index contributed by atoms with van der Waals surface area (Å²) in [5, 5.41) is 17.7. The lowest BCUT2D eigenvalue weighted by Crippen LogP contribution is -2.27. The second kappa shape index (κ2) is 14.5. The van der Waals surface area contributed by atoms with Gasteiger partial charge in [-0.05, 0) is 108 Å². The average Bonchev–Trinajstić information content (AvgIpc) is 2.97. The van der Waals surface area contributed by atoms with E-state index in [1.165, 1.54) is 0 Å². The molecule has 8 heteroatoms. The maximum absolute atomic E-state index is 13.2. The molecule has 0 aliphatic heterocycles. The lowest BCUT2D eigenvalue weighted by molar-refractivity contribution is -0.114. The molecule has 262 valence electrons. The second-order valence-corrected chi connectivity index (χ2v) is 18.6. The van der Waals surface area contributed by atoms with E-state index in [1.54, 1.807) is 12.4 Å². The first-order valence-corrected chi connectivity index (χ1v) is 18.3. The van der Waals surface area contributed by atoms with Crippen molar-refractivity contribution in [2.45, 2.75) is 83.1 Å². The first kappa shape index (κ1) is 39.2. The predicted octanol–water partition coefficient (Wildman–Crippen LogP) is 13.9. The van der Waals surface area contributed by atoms with E-state index in [-0.39, 0.29) is 33.2 Å². The van der Waals surface area contributed by atoms with Gasteiger partial charge in [0.05, 0.1) is 23.8 Å². The minimum absolute atomic E-state index is 0.0921. The third-order valence-electron chi connectivity index (χ3n) is 8.42. The van der Waals surface area contributed by atoms with E-state index < -0.39 is 0 Å². The molecule has 50 heavy (non-hydrogen) atoms. The van der Waals surface area contributed by atoms with Crippen LogP contribution in [0.5, 0.6) is 0 Å². The van der Waals surface area contributed by atoms with Crippen LogP contribution in [0.15, 0.2) is 136 Å². The Labute approximate surface area is 314 Å². The predicted molar refractivity (Wildman–Crippen MR) is 213 cm³/mol. The number of allylic oxidation sites excluding steroid dienone is 10. The molecule has 2 aromatic carbocycles. The van der Waals surface area contributed by atoms with Crippen LogP contribution >= 0.6 is 31.9 Å². The molecule has 0 fully saturated rings. The van der Waals surface area contributed by atoms with Crippen LogP contribution in [0.3, 0.4) is 0 Å². The summed E-state index contributed by atoms with van der Waals surface area (Å²) in [6.45, 7) is 24.6. The van der Waals surface area contributed by atoms with Crippen LogP contribution in [-0.2, 0) is 9.59 Å². The Morgan fingerprint density at radius 3 is 1.32 bits per heavy atom. The molecular formula is C42H48Br2N4O2. The minimum atomic E-state index is -0.288. The first-order chi connectivity index (χ1) is 23.0. The number of ketones is 2. The van der Waals surface area contributed by atoms with Gasteiger partial charge in [-0.15, -0.1) is 5.11 Å². The Kier molecular flexibility index (Phi) is 11.4. The Morgan fingerprint density at radius 1 is 0.520 bits per heavy atom. The number of nitrogens with zero attached hydrogens (tertiary/aromatic N) is 4. The zero-order valence-corrected chi connectivity index (χ0v) is 34.5. The maximum atomic E-state index is 13.2. The Balaban J connectivity index is 1.55. The van der Waals surface area contributed by atoms with E-state index in [1.807, 2.05) is 60.7 Å². The number of rotatable bonds is 5. The highest BCUT2D eigenvalue weighted by Crippen LogP contribution is 2.41. The second-order valence-electron chi connectivity index (χ2n) is 16.9. The van der Waals surface area contributed by atoms with Crippen molar-refractivity contribution in [2.24, 2.45) is 42.1 Å². The summed E-state index contributed by atoms with van der Waals surface area (Å²) < 4.78 is 1.67. The van der Waals surface area contributed by atoms with Gasteiger partial charge in [0.15, 0.2) is 11.6 Å². The molecule has 0 saturated heterocycles. The number of hydrogen-bond acceptors (Lipinski definition) is 6. The van der Waals surface area contributed by atoms with Crippen LogP contribution < -0.4 is 0 Å². The summed E-state index contributed by atoms with van der Waals surface area (Å²) in [7, 11) is 0. The van der Waals surface area contributed by atoms with Gasteiger partial charge in [-0.2, -0.15) is 15.3 Å². The highest BCUT2D eigenvalue weighted by atomic mass is 79.9. The Bertz CT molecular complexity index is 1900. The van der Waals surface area contributed by atoms with Gasteiger partial charge in [0.2, 0.25) is 0 Å². The van der Waals surface area contributed by atoms with E-state index in [0.29, 0.717) is 11.4 Å². The summed E-state index contributed by atoms with van der Waals surface area (Å²) in [6, 6.07) is 11.8. The van der Waals surface area contributed by atoms with Crippen molar-refractivity contribution >= 4 is 54.8 Å². The third kappa shape index (κ3) is 9.38. The zero-order valence-electron chi connectivity index (χ0n) is 31.3. The van der Waals surface area contributed by atoms with Crippen molar-refractivity contribution in [3.05, 3.63) is 115 Å². The normalized spacial score (nSPS) is 16.5. The smallest absolute Gasteiger partial charge is 0.186 e. The molecule has 0 heterocycles. The minimum Gasteiger partial charge on any atom is -0.289 e. The van der Waals surface area contributed by atoms with Crippen LogP contribution in [-0.4, -0.2) is 11.6 Å². The van der Waals surface area contributed by atoms with Crippen molar-refractivity contribution < 1.29 is 9.59 Å². The maximum Gasteiger partial charge on any atom is 0.186 e. The van der Waals surface area contributed by atoms with Gasteiger partial charge in [-0.25, -0.2) is 0 Å². The van der Waals surface area contributed by atoms with E-state index >= 15 is 0 Å². The van der Waals surface area contributed by atoms with Gasteiger partial charge in [-0.1, -0.05) is 111 Å². The fourth-order valence-electron chi connectivity index (χ4n) is 5.56. The quantitative estimate of drug-likeness (QED) is 0.282. The molecule has 0 spiro atoms. The molecule has 0 saturated carbocycles. The lowest BCUT2D eigenvalue weighted by atomic mass is 9.72. The number of Topliss-reactive ketones (excluding diaryl/α,β-unsaturated/α-hetero) is 2. The van der Waals surface area contributed by atoms with Crippen LogP contribution in [0.25, 0.3) is 11.1 Å². The number of carbonyl (C=O) groups excluding carboxylic acids is 2. The standard InChI is InChI=1S/C42H48Br2N4O2/c1-39(2,3)30-17-25(18-31(37(30)49)40(4,5)6)23-45-47-28-14-15-29(34(43)22-28)27-13-16-36(35(44)21-27)48-46-24-26-19-32(41(7,8)9)38(50)33(20-26)42(10,11)12/h13-24H,1-12H3/b47-45+,48-46+. The van der Waals surface area contributed by atoms with Crippen molar-refractivity contribution in [1.29, 1.82) is 0 Å². The molecule has 2 aliphatic carbocycles. The van der Waals surface area contributed by atoms with Crippen molar-refractivity contribution in [2.75, 3.05) is 0 Å². The molecule has 0 bridgehead atoms. The molecule has 2 aromatic rings. The van der Waals surface area contributed by atoms with Gasteiger partial charge in [0, 0.05) is 31.2 Å². The highest BCUT2D eigenvalue weighted by molar-refractivity contribution is 9.11.